The molecule has 0 aliphatic carbocycles. The predicted octanol–water partition coefficient (Wildman–Crippen LogP) is 1.67. The van der Waals surface area contributed by atoms with Gasteiger partial charge in [0.2, 0.25) is 0 Å². The molecule has 2 aliphatic heterocycles. The maximum absolute atomic E-state index is 4.47. The topological polar surface area (TPSA) is 33.1 Å². The molecule has 3 heterocycles. The lowest BCUT2D eigenvalue weighted by molar-refractivity contribution is 0.304. The molecule has 0 radical (unpaired) electrons. The van der Waals surface area contributed by atoms with Gasteiger partial charge in [0.05, 0.1) is 15.9 Å². The van der Waals surface area contributed by atoms with Crippen LogP contribution < -0.4 is 5.32 Å². The van der Waals surface area contributed by atoms with Gasteiger partial charge in [-0.15, -0.1) is 0 Å². The molecule has 4 nitrogen and oxygen atoms in total. The van der Waals surface area contributed by atoms with Crippen LogP contribution in [0.4, 0.5) is 0 Å². The largest absolute Gasteiger partial charge is 0.312 e. The Bertz CT molecular complexity index is 428. The average molecular weight is 313 g/mol. The third kappa shape index (κ3) is 2.24. The number of aryl methyl sites for hydroxylation is 2. The maximum Gasteiger partial charge on any atom is 0.0739 e. The van der Waals surface area contributed by atoms with Gasteiger partial charge in [0.1, 0.15) is 0 Å². The van der Waals surface area contributed by atoms with Crippen LogP contribution in [0.5, 0.6) is 0 Å². The highest BCUT2D eigenvalue weighted by Crippen LogP contribution is 2.28. The van der Waals surface area contributed by atoms with E-state index >= 15 is 0 Å². The van der Waals surface area contributed by atoms with Gasteiger partial charge in [-0.05, 0) is 48.2 Å². The van der Waals surface area contributed by atoms with Crippen molar-refractivity contribution in [3.05, 3.63) is 15.9 Å². The van der Waals surface area contributed by atoms with Crippen LogP contribution in [0.2, 0.25) is 0 Å². The van der Waals surface area contributed by atoms with E-state index in [9.17, 15) is 0 Å². The number of aromatic nitrogens is 2. The van der Waals surface area contributed by atoms with Gasteiger partial charge in [0.25, 0.3) is 0 Å². The van der Waals surface area contributed by atoms with E-state index in [1.54, 1.807) is 0 Å². The van der Waals surface area contributed by atoms with Gasteiger partial charge in [0.15, 0.2) is 0 Å². The minimum absolute atomic E-state index is 0.715. The van der Waals surface area contributed by atoms with Crippen LogP contribution in [0, 0.1) is 12.8 Å². The highest BCUT2D eigenvalue weighted by molar-refractivity contribution is 9.10. The molecule has 100 valence electrons. The van der Waals surface area contributed by atoms with E-state index in [-0.39, 0.29) is 0 Å². The fourth-order valence-electron chi connectivity index (χ4n) is 3.33. The molecule has 0 aromatic carbocycles. The summed E-state index contributed by atoms with van der Waals surface area (Å²) in [6.45, 7) is 6.67. The summed E-state index contributed by atoms with van der Waals surface area (Å²) < 4.78 is 3.18. The lowest BCUT2D eigenvalue weighted by Gasteiger charge is -2.24. The van der Waals surface area contributed by atoms with Crippen LogP contribution in [0.25, 0.3) is 0 Å². The van der Waals surface area contributed by atoms with E-state index in [1.165, 1.54) is 42.6 Å². The Morgan fingerprint density at radius 3 is 2.94 bits per heavy atom. The van der Waals surface area contributed by atoms with E-state index in [1.807, 2.05) is 11.7 Å². The minimum Gasteiger partial charge on any atom is -0.312 e. The molecule has 3 rings (SSSR count). The summed E-state index contributed by atoms with van der Waals surface area (Å²) in [6, 6.07) is 0.715. The van der Waals surface area contributed by atoms with Gasteiger partial charge in [0, 0.05) is 32.7 Å². The van der Waals surface area contributed by atoms with Crippen LogP contribution in [0.1, 0.15) is 24.2 Å². The summed E-state index contributed by atoms with van der Waals surface area (Å²) in [6.07, 6.45) is 2.73. The zero-order chi connectivity index (χ0) is 12.7. The number of likely N-dealkylation sites (tertiary alicyclic amines) is 1. The van der Waals surface area contributed by atoms with Gasteiger partial charge in [-0.2, -0.15) is 5.10 Å². The molecule has 18 heavy (non-hydrogen) atoms. The standard InChI is InChI=1S/C13H21BrN4/c1-9-13(14)12(17(2)16-9)8-18-6-10-4-3-5-15-11(10)7-18/h10-11,15H,3-8H2,1-2H3. The first-order valence-electron chi connectivity index (χ1n) is 6.79. The smallest absolute Gasteiger partial charge is 0.0739 e. The van der Waals surface area contributed by atoms with Crippen molar-refractivity contribution in [3.63, 3.8) is 0 Å². The second-order valence-electron chi connectivity index (χ2n) is 5.63. The van der Waals surface area contributed by atoms with Gasteiger partial charge in [-0.1, -0.05) is 0 Å². The number of hydrogen-bond acceptors (Lipinski definition) is 3. The van der Waals surface area contributed by atoms with Crippen LogP contribution in [0.15, 0.2) is 4.47 Å². The number of halogens is 1. The molecule has 2 unspecified atom stereocenters. The first-order valence-corrected chi connectivity index (χ1v) is 7.58. The van der Waals surface area contributed by atoms with E-state index in [2.05, 4.69) is 38.2 Å². The van der Waals surface area contributed by atoms with E-state index in [0.29, 0.717) is 6.04 Å². The number of hydrogen-bond donors (Lipinski definition) is 1. The molecule has 1 aromatic heterocycles. The molecule has 1 aromatic rings. The van der Waals surface area contributed by atoms with Crippen molar-refractivity contribution < 1.29 is 0 Å². The molecule has 0 amide bonds. The van der Waals surface area contributed by atoms with Gasteiger partial charge < -0.3 is 5.32 Å². The summed E-state index contributed by atoms with van der Waals surface area (Å²) >= 11 is 3.66. The Balaban J connectivity index is 1.70. The predicted molar refractivity (Wildman–Crippen MR) is 75.4 cm³/mol. The van der Waals surface area contributed by atoms with Crippen molar-refractivity contribution in [2.75, 3.05) is 19.6 Å². The fourth-order valence-corrected chi connectivity index (χ4v) is 3.79. The first-order chi connectivity index (χ1) is 8.65. The molecule has 0 spiro atoms. The van der Waals surface area contributed by atoms with Crippen molar-refractivity contribution in [1.82, 2.24) is 20.0 Å². The molecule has 0 saturated carbocycles. The Kier molecular flexibility index (Phi) is 3.47. The van der Waals surface area contributed by atoms with Gasteiger partial charge in [-0.3, -0.25) is 9.58 Å². The number of rotatable bonds is 2. The monoisotopic (exact) mass is 312 g/mol. The molecule has 2 aliphatic rings. The second-order valence-corrected chi connectivity index (χ2v) is 6.42. The van der Waals surface area contributed by atoms with Gasteiger partial charge in [-0.25, -0.2) is 0 Å². The SMILES string of the molecule is Cc1nn(C)c(CN2CC3CCCNC3C2)c1Br. The lowest BCUT2D eigenvalue weighted by atomic mass is 9.94. The van der Waals surface area contributed by atoms with E-state index in [4.69, 9.17) is 0 Å². The number of piperidine rings is 1. The second kappa shape index (κ2) is 4.94. The van der Waals surface area contributed by atoms with Crippen molar-refractivity contribution in [2.45, 2.75) is 32.4 Å². The van der Waals surface area contributed by atoms with E-state index < -0.39 is 0 Å². The zero-order valence-corrected chi connectivity index (χ0v) is 12.7. The maximum atomic E-state index is 4.47. The Hall–Kier alpha value is -0.390. The molecular weight excluding hydrogens is 292 g/mol. The van der Waals surface area contributed by atoms with Crippen LogP contribution >= 0.6 is 15.9 Å². The molecule has 2 saturated heterocycles. The van der Waals surface area contributed by atoms with Crippen LogP contribution in [-0.2, 0) is 13.6 Å². The lowest BCUT2D eigenvalue weighted by Crippen LogP contribution is -2.40. The summed E-state index contributed by atoms with van der Waals surface area (Å²) in [7, 11) is 2.04. The number of nitrogens with one attached hydrogen (secondary N) is 1. The fraction of sp³-hybridized carbons (Fsp3) is 0.769. The highest BCUT2D eigenvalue weighted by Gasteiger charge is 2.34. The summed E-state index contributed by atoms with van der Waals surface area (Å²) in [5.41, 5.74) is 2.38. The summed E-state index contributed by atoms with van der Waals surface area (Å²) in [5.74, 6) is 0.854. The number of fused-ring (bicyclic) bond motifs is 1. The van der Waals surface area contributed by atoms with Crippen molar-refractivity contribution in [2.24, 2.45) is 13.0 Å². The average Bonchev–Trinajstić information content (AvgIpc) is 2.86. The number of nitrogens with zero attached hydrogens (tertiary/aromatic N) is 3. The first kappa shape index (κ1) is 12.6. The van der Waals surface area contributed by atoms with Gasteiger partial charge >= 0.3 is 0 Å². The molecule has 1 N–H and O–H groups in total. The molecule has 2 atom stereocenters. The minimum atomic E-state index is 0.715. The third-order valence-electron chi connectivity index (χ3n) is 4.31. The molecule has 2 fully saturated rings. The summed E-state index contributed by atoms with van der Waals surface area (Å²) in [4.78, 5) is 2.56. The van der Waals surface area contributed by atoms with Crippen LogP contribution in [0.3, 0.4) is 0 Å². The van der Waals surface area contributed by atoms with Crippen molar-refractivity contribution in [3.8, 4) is 0 Å². The molecular formula is C13H21BrN4. The molecule has 5 heteroatoms. The highest BCUT2D eigenvalue weighted by atomic mass is 79.9. The Morgan fingerprint density at radius 1 is 1.44 bits per heavy atom. The molecule has 0 bridgehead atoms. The summed E-state index contributed by atoms with van der Waals surface area (Å²) in [5, 5.41) is 8.13. The quantitative estimate of drug-likeness (QED) is 0.902. The third-order valence-corrected chi connectivity index (χ3v) is 5.34. The van der Waals surface area contributed by atoms with Crippen molar-refractivity contribution in [1.29, 1.82) is 0 Å². The Labute approximate surface area is 117 Å². The normalized spacial score (nSPS) is 28.6. The zero-order valence-electron chi connectivity index (χ0n) is 11.1. The Morgan fingerprint density at radius 2 is 2.28 bits per heavy atom. The van der Waals surface area contributed by atoms with E-state index in [0.717, 1.165) is 18.2 Å². The van der Waals surface area contributed by atoms with Crippen LogP contribution in [-0.4, -0.2) is 40.4 Å². The van der Waals surface area contributed by atoms with Crippen molar-refractivity contribution >= 4 is 15.9 Å².